The van der Waals surface area contributed by atoms with Crippen molar-refractivity contribution >= 4 is 17.8 Å². The van der Waals surface area contributed by atoms with Crippen molar-refractivity contribution in [3.63, 3.8) is 0 Å². The van der Waals surface area contributed by atoms with Gasteiger partial charge in [0.25, 0.3) is 5.78 Å². The Hall–Kier alpha value is -3.84. The molecule has 0 spiro atoms. The normalized spacial score (nSPS) is 22.2. The zero-order valence-corrected chi connectivity index (χ0v) is 21.9. The lowest BCUT2D eigenvalue weighted by Gasteiger charge is -2.33. The van der Waals surface area contributed by atoms with Crippen molar-refractivity contribution in [3.05, 3.63) is 59.7 Å². The van der Waals surface area contributed by atoms with Gasteiger partial charge in [-0.3, -0.25) is 4.79 Å². The van der Waals surface area contributed by atoms with Gasteiger partial charge in [0.1, 0.15) is 6.61 Å². The lowest BCUT2D eigenvalue weighted by Crippen LogP contribution is -2.47. The van der Waals surface area contributed by atoms with E-state index in [1.165, 1.54) is 16.9 Å². The first-order valence-electron chi connectivity index (χ1n) is 13.4. The summed E-state index contributed by atoms with van der Waals surface area (Å²) in [6.07, 6.45) is -3.09. The van der Waals surface area contributed by atoms with Gasteiger partial charge in [-0.1, -0.05) is 30.3 Å². The van der Waals surface area contributed by atoms with Crippen molar-refractivity contribution < 1.29 is 36.3 Å². The third-order valence-corrected chi connectivity index (χ3v) is 7.67. The van der Waals surface area contributed by atoms with Crippen LogP contribution < -0.4 is 10.6 Å². The van der Waals surface area contributed by atoms with Gasteiger partial charge < -0.3 is 15.4 Å². The largest absolute Gasteiger partial charge is 0.445 e. The standard InChI is InChI=1S/C27H29F5N6O3/c28-26(29)8-6-17(7-9-26)22(36-25(40)41-15-16-4-2-1-3-5-16)21-14-38-24(35-21)34-13-20(37-38)11-18-10-19(27(30,31)32)12-33-23(18)39/h1-5,13-14,17-19,22H,6-12,15H2,(H,33,39)(H,36,40)/t18-,19+,22-/m0/s1. The molecule has 3 aromatic rings. The first kappa shape index (κ1) is 28.7. The number of alkyl carbamates (subject to hydrolysis) is 1. The molecule has 0 bridgehead atoms. The first-order valence-corrected chi connectivity index (χ1v) is 13.4. The number of aromatic nitrogens is 4. The minimum Gasteiger partial charge on any atom is -0.445 e. The zero-order valence-electron chi connectivity index (χ0n) is 21.9. The summed E-state index contributed by atoms with van der Waals surface area (Å²) in [5.74, 6) is -6.03. The van der Waals surface area contributed by atoms with Crippen LogP contribution in [0.3, 0.4) is 0 Å². The number of halogens is 5. The number of imidazole rings is 1. The number of benzene rings is 1. The number of alkyl halides is 5. The van der Waals surface area contributed by atoms with E-state index >= 15 is 0 Å². The van der Waals surface area contributed by atoms with Crippen LogP contribution in [0.5, 0.6) is 0 Å². The average Bonchev–Trinajstić information content (AvgIpc) is 3.35. The molecule has 1 aromatic carbocycles. The number of hydrogen-bond donors (Lipinski definition) is 2. The molecular formula is C27H29F5N6O3. The second-order valence-electron chi connectivity index (χ2n) is 10.7. The van der Waals surface area contributed by atoms with Gasteiger partial charge in [-0.05, 0) is 30.7 Å². The van der Waals surface area contributed by atoms with Gasteiger partial charge in [0.2, 0.25) is 11.8 Å². The van der Waals surface area contributed by atoms with E-state index in [9.17, 15) is 31.5 Å². The summed E-state index contributed by atoms with van der Waals surface area (Å²) in [4.78, 5) is 33.7. The van der Waals surface area contributed by atoms with Gasteiger partial charge in [-0.2, -0.15) is 18.3 Å². The van der Waals surface area contributed by atoms with E-state index in [0.717, 1.165) is 5.56 Å². The van der Waals surface area contributed by atoms with Crippen LogP contribution >= 0.6 is 0 Å². The first-order chi connectivity index (χ1) is 19.5. The average molecular weight is 581 g/mol. The summed E-state index contributed by atoms with van der Waals surface area (Å²) in [6, 6.07) is 8.27. The van der Waals surface area contributed by atoms with E-state index in [0.29, 0.717) is 5.69 Å². The van der Waals surface area contributed by atoms with Crippen molar-refractivity contribution in [3.8, 4) is 0 Å². The predicted octanol–water partition coefficient (Wildman–Crippen LogP) is 4.77. The van der Waals surface area contributed by atoms with Crippen molar-refractivity contribution in [1.29, 1.82) is 0 Å². The van der Waals surface area contributed by atoms with Crippen LogP contribution in [0.2, 0.25) is 0 Å². The molecule has 2 aliphatic rings. The molecule has 220 valence electrons. The Morgan fingerprint density at radius 3 is 2.63 bits per heavy atom. The predicted molar refractivity (Wildman–Crippen MR) is 135 cm³/mol. The third-order valence-electron chi connectivity index (χ3n) is 7.67. The molecule has 0 unspecified atom stereocenters. The number of amides is 2. The van der Waals surface area contributed by atoms with E-state index in [2.05, 4.69) is 25.7 Å². The molecule has 2 N–H and O–H groups in total. The zero-order chi connectivity index (χ0) is 29.2. The van der Waals surface area contributed by atoms with Crippen LogP contribution in [-0.4, -0.2) is 50.2 Å². The summed E-state index contributed by atoms with van der Waals surface area (Å²) in [6.45, 7) is -0.437. The third kappa shape index (κ3) is 7.09. The monoisotopic (exact) mass is 580 g/mol. The van der Waals surface area contributed by atoms with E-state index in [1.807, 2.05) is 18.2 Å². The SMILES string of the molecule is O=C(N[C@H](c1cn2nc(C[C@@H]3C[C@@H](C(F)(F)F)CNC3=O)cnc2n1)C1CCC(F)(F)CC1)OCc1ccccc1. The quantitative estimate of drug-likeness (QED) is 0.390. The Morgan fingerprint density at radius 2 is 1.93 bits per heavy atom. The fourth-order valence-corrected chi connectivity index (χ4v) is 5.38. The lowest BCUT2D eigenvalue weighted by molar-refractivity contribution is -0.183. The molecule has 2 aromatic heterocycles. The van der Waals surface area contributed by atoms with Crippen LogP contribution in [0.15, 0.2) is 42.7 Å². The number of rotatable bonds is 7. The summed E-state index contributed by atoms with van der Waals surface area (Å²) >= 11 is 0. The number of nitrogens with zero attached hydrogens (tertiary/aromatic N) is 4. The summed E-state index contributed by atoms with van der Waals surface area (Å²) < 4.78 is 74.1. The van der Waals surface area contributed by atoms with E-state index in [4.69, 9.17) is 4.74 Å². The number of nitrogens with one attached hydrogen (secondary N) is 2. The molecule has 41 heavy (non-hydrogen) atoms. The highest BCUT2D eigenvalue weighted by Crippen LogP contribution is 2.41. The highest BCUT2D eigenvalue weighted by Gasteiger charge is 2.45. The molecule has 9 nitrogen and oxygen atoms in total. The van der Waals surface area contributed by atoms with Crippen molar-refractivity contribution in [2.45, 2.75) is 63.3 Å². The Balaban J connectivity index is 1.33. The molecule has 3 heterocycles. The van der Waals surface area contributed by atoms with Gasteiger partial charge in [0, 0.05) is 31.7 Å². The molecule has 1 aliphatic carbocycles. The number of fused-ring (bicyclic) bond motifs is 1. The van der Waals surface area contributed by atoms with Crippen LogP contribution in [0.1, 0.15) is 55.1 Å². The molecule has 3 atom stereocenters. The molecule has 1 saturated heterocycles. The molecule has 14 heteroatoms. The lowest BCUT2D eigenvalue weighted by atomic mass is 9.81. The smallest absolute Gasteiger partial charge is 0.408 e. The Kier molecular flexibility index (Phi) is 8.09. The van der Waals surface area contributed by atoms with E-state index < -0.39 is 48.5 Å². The van der Waals surface area contributed by atoms with E-state index in [1.54, 1.807) is 12.1 Å². The number of carbonyl (C=O) groups is 2. The fraction of sp³-hybridized carbons (Fsp3) is 0.519. The topological polar surface area (TPSA) is 111 Å². The van der Waals surface area contributed by atoms with Gasteiger partial charge in [0.05, 0.1) is 35.7 Å². The van der Waals surface area contributed by atoms with Crippen molar-refractivity contribution in [2.75, 3.05) is 6.54 Å². The highest BCUT2D eigenvalue weighted by molar-refractivity contribution is 5.79. The molecule has 5 rings (SSSR count). The van der Waals surface area contributed by atoms with Gasteiger partial charge in [0.15, 0.2) is 0 Å². The van der Waals surface area contributed by atoms with Crippen molar-refractivity contribution in [2.24, 2.45) is 17.8 Å². The van der Waals surface area contributed by atoms with Crippen LogP contribution in [0.25, 0.3) is 5.78 Å². The maximum absolute atomic E-state index is 13.9. The molecule has 1 aliphatic heterocycles. The van der Waals surface area contributed by atoms with Gasteiger partial charge in [-0.15, -0.1) is 0 Å². The van der Waals surface area contributed by atoms with E-state index in [-0.39, 0.29) is 62.5 Å². The molecule has 2 fully saturated rings. The second kappa shape index (κ2) is 11.6. The van der Waals surface area contributed by atoms with Crippen molar-refractivity contribution in [1.82, 2.24) is 30.2 Å². The molecule has 2 amide bonds. The fourth-order valence-electron chi connectivity index (χ4n) is 5.38. The Bertz CT molecular complexity index is 1370. The molecule has 1 saturated carbocycles. The number of hydrogen-bond acceptors (Lipinski definition) is 6. The van der Waals surface area contributed by atoms with Crippen LogP contribution in [0.4, 0.5) is 26.7 Å². The summed E-state index contributed by atoms with van der Waals surface area (Å²) in [7, 11) is 0. The maximum atomic E-state index is 13.9. The van der Waals surface area contributed by atoms with Gasteiger partial charge >= 0.3 is 12.3 Å². The van der Waals surface area contributed by atoms with Crippen LogP contribution in [-0.2, 0) is 22.6 Å². The highest BCUT2D eigenvalue weighted by atomic mass is 19.4. The minimum absolute atomic E-state index is 0.0176. The maximum Gasteiger partial charge on any atom is 0.408 e. The molecule has 0 radical (unpaired) electrons. The Morgan fingerprint density at radius 1 is 1.20 bits per heavy atom. The van der Waals surface area contributed by atoms with Gasteiger partial charge in [-0.25, -0.2) is 28.1 Å². The number of carbonyl (C=O) groups excluding carboxylic acids is 2. The summed E-state index contributed by atoms with van der Waals surface area (Å²) in [5.41, 5.74) is 1.40. The minimum atomic E-state index is -4.42. The Labute approximate surface area is 231 Å². The van der Waals surface area contributed by atoms with Crippen LogP contribution in [0, 0.1) is 17.8 Å². The summed E-state index contributed by atoms with van der Waals surface area (Å²) in [5, 5.41) is 9.47. The molecular weight excluding hydrogens is 551 g/mol. The second-order valence-corrected chi connectivity index (χ2v) is 10.7. The number of piperidine rings is 1. The number of ether oxygens (including phenoxy) is 1.